The Hall–Kier alpha value is -1.77. The Morgan fingerprint density at radius 3 is 2.43 bits per heavy atom. The molecule has 0 saturated heterocycles. The van der Waals surface area contributed by atoms with E-state index in [4.69, 9.17) is 10.7 Å². The molecular weight excluding hydrogens is 258 g/mol. The van der Waals surface area contributed by atoms with Gasteiger partial charge >= 0.3 is 0 Å². The summed E-state index contributed by atoms with van der Waals surface area (Å²) in [5.41, 5.74) is 11.0. The minimum atomic E-state index is -0.0146. The van der Waals surface area contributed by atoms with Gasteiger partial charge in [-0.2, -0.15) is 0 Å². The molecule has 0 bridgehead atoms. The van der Waals surface area contributed by atoms with Crippen molar-refractivity contribution in [2.45, 2.75) is 59.9 Å². The highest BCUT2D eigenvalue weighted by Gasteiger charge is 2.25. The van der Waals surface area contributed by atoms with Crippen molar-refractivity contribution in [3.05, 3.63) is 35.2 Å². The molecule has 0 amide bonds. The highest BCUT2D eigenvalue weighted by Crippen LogP contribution is 2.34. The third-order valence-electron chi connectivity index (χ3n) is 3.98. The highest BCUT2D eigenvalue weighted by molar-refractivity contribution is 5.74. The van der Waals surface area contributed by atoms with E-state index in [1.54, 1.807) is 0 Å². The maximum atomic E-state index is 6.44. The molecule has 0 saturated carbocycles. The van der Waals surface area contributed by atoms with Crippen LogP contribution < -0.4 is 5.73 Å². The van der Waals surface area contributed by atoms with Crippen molar-refractivity contribution in [3.8, 4) is 11.3 Å². The fourth-order valence-corrected chi connectivity index (χ4v) is 2.69. The fourth-order valence-electron chi connectivity index (χ4n) is 2.69. The molecule has 0 spiro atoms. The minimum Gasteiger partial charge on any atom is -0.383 e. The average Bonchev–Trinajstić information content (AvgIpc) is 2.71. The summed E-state index contributed by atoms with van der Waals surface area (Å²) >= 11 is 0. The van der Waals surface area contributed by atoms with E-state index in [2.05, 4.69) is 64.3 Å². The SMILES string of the molecule is CCCn1c(C(C)(C)C)nc(-c2cccc(C)c2C)c1N. The zero-order valence-corrected chi connectivity index (χ0v) is 14.1. The van der Waals surface area contributed by atoms with Gasteiger partial charge in [-0.15, -0.1) is 0 Å². The van der Waals surface area contributed by atoms with Gasteiger partial charge < -0.3 is 10.3 Å². The van der Waals surface area contributed by atoms with Crippen molar-refractivity contribution in [2.24, 2.45) is 0 Å². The van der Waals surface area contributed by atoms with Crippen LogP contribution in [0.15, 0.2) is 18.2 Å². The van der Waals surface area contributed by atoms with Crippen LogP contribution in [0.2, 0.25) is 0 Å². The summed E-state index contributed by atoms with van der Waals surface area (Å²) in [5.74, 6) is 1.85. The molecule has 1 aromatic carbocycles. The molecule has 2 rings (SSSR count). The standard InChI is InChI=1S/C18H27N3/c1-7-11-21-16(19)15(20-17(21)18(4,5)6)14-10-8-9-12(2)13(14)3/h8-10H,7,11,19H2,1-6H3. The van der Waals surface area contributed by atoms with E-state index in [9.17, 15) is 0 Å². The van der Waals surface area contributed by atoms with Gasteiger partial charge in [-0.3, -0.25) is 0 Å². The van der Waals surface area contributed by atoms with E-state index in [1.807, 2.05) is 0 Å². The van der Waals surface area contributed by atoms with Gasteiger partial charge in [0.25, 0.3) is 0 Å². The summed E-state index contributed by atoms with van der Waals surface area (Å²) < 4.78 is 2.18. The van der Waals surface area contributed by atoms with Gasteiger partial charge in [0.1, 0.15) is 17.3 Å². The third kappa shape index (κ3) is 2.82. The molecule has 0 aliphatic carbocycles. The summed E-state index contributed by atoms with van der Waals surface area (Å²) in [4.78, 5) is 4.91. The van der Waals surface area contributed by atoms with Crippen LogP contribution in [0.25, 0.3) is 11.3 Å². The van der Waals surface area contributed by atoms with Crippen molar-refractivity contribution in [1.29, 1.82) is 0 Å². The van der Waals surface area contributed by atoms with Crippen molar-refractivity contribution in [1.82, 2.24) is 9.55 Å². The Kier molecular flexibility index (Phi) is 4.13. The van der Waals surface area contributed by atoms with Gasteiger partial charge in [-0.1, -0.05) is 45.9 Å². The smallest absolute Gasteiger partial charge is 0.131 e. The van der Waals surface area contributed by atoms with E-state index in [0.29, 0.717) is 0 Å². The molecule has 0 atom stereocenters. The topological polar surface area (TPSA) is 43.8 Å². The summed E-state index contributed by atoms with van der Waals surface area (Å²) in [6, 6.07) is 6.32. The number of hydrogen-bond acceptors (Lipinski definition) is 2. The van der Waals surface area contributed by atoms with Crippen LogP contribution in [0.1, 0.15) is 51.1 Å². The molecule has 2 aromatic rings. The Morgan fingerprint density at radius 2 is 1.86 bits per heavy atom. The van der Waals surface area contributed by atoms with Crippen LogP contribution in [-0.4, -0.2) is 9.55 Å². The second kappa shape index (κ2) is 5.55. The first kappa shape index (κ1) is 15.6. The summed E-state index contributed by atoms with van der Waals surface area (Å²) in [6.45, 7) is 13.9. The number of aromatic nitrogens is 2. The number of nitrogen functional groups attached to an aromatic ring is 1. The molecule has 0 aliphatic heterocycles. The predicted octanol–water partition coefficient (Wildman–Crippen LogP) is 4.46. The molecule has 2 N–H and O–H groups in total. The molecule has 3 heteroatoms. The number of nitrogens with zero attached hydrogens (tertiary/aromatic N) is 2. The molecule has 114 valence electrons. The lowest BCUT2D eigenvalue weighted by molar-refractivity contribution is 0.498. The van der Waals surface area contributed by atoms with Gasteiger partial charge in [0.15, 0.2) is 0 Å². The third-order valence-corrected chi connectivity index (χ3v) is 3.98. The predicted molar refractivity (Wildman–Crippen MR) is 90.5 cm³/mol. The van der Waals surface area contributed by atoms with Crippen molar-refractivity contribution in [2.75, 3.05) is 5.73 Å². The maximum Gasteiger partial charge on any atom is 0.131 e. The molecule has 0 unspecified atom stereocenters. The quantitative estimate of drug-likeness (QED) is 0.905. The van der Waals surface area contributed by atoms with E-state index >= 15 is 0 Å². The normalized spacial score (nSPS) is 11.9. The second-order valence-corrected chi connectivity index (χ2v) is 6.82. The summed E-state index contributed by atoms with van der Waals surface area (Å²) in [5, 5.41) is 0. The number of anilines is 1. The van der Waals surface area contributed by atoms with Crippen molar-refractivity contribution >= 4 is 5.82 Å². The second-order valence-electron chi connectivity index (χ2n) is 6.82. The van der Waals surface area contributed by atoms with Gasteiger partial charge in [0.2, 0.25) is 0 Å². The van der Waals surface area contributed by atoms with Crippen molar-refractivity contribution < 1.29 is 0 Å². The van der Waals surface area contributed by atoms with Gasteiger partial charge in [-0.25, -0.2) is 4.98 Å². The molecule has 0 fully saturated rings. The summed E-state index contributed by atoms with van der Waals surface area (Å²) in [7, 11) is 0. The van der Waals surface area contributed by atoms with Crippen LogP contribution in [0.3, 0.4) is 0 Å². The minimum absolute atomic E-state index is 0.0146. The first-order valence-electron chi connectivity index (χ1n) is 7.70. The van der Waals surface area contributed by atoms with Crippen LogP contribution in [0.4, 0.5) is 5.82 Å². The maximum absolute atomic E-state index is 6.44. The lowest BCUT2D eigenvalue weighted by Crippen LogP contribution is -2.19. The molecule has 0 aliphatic rings. The Labute approximate surface area is 128 Å². The lowest BCUT2D eigenvalue weighted by Gasteiger charge is -2.19. The largest absolute Gasteiger partial charge is 0.383 e. The zero-order chi connectivity index (χ0) is 15.8. The number of nitrogens with two attached hydrogens (primary N) is 1. The number of benzene rings is 1. The van der Waals surface area contributed by atoms with E-state index in [0.717, 1.165) is 35.9 Å². The van der Waals surface area contributed by atoms with Gasteiger partial charge in [-0.05, 0) is 31.4 Å². The van der Waals surface area contributed by atoms with E-state index in [-0.39, 0.29) is 5.41 Å². The molecule has 3 nitrogen and oxygen atoms in total. The highest BCUT2D eigenvalue weighted by atomic mass is 15.1. The first-order chi connectivity index (χ1) is 9.77. The van der Waals surface area contributed by atoms with Crippen LogP contribution in [-0.2, 0) is 12.0 Å². The van der Waals surface area contributed by atoms with Gasteiger partial charge in [0.05, 0.1) is 0 Å². The Morgan fingerprint density at radius 1 is 1.19 bits per heavy atom. The number of imidazole rings is 1. The zero-order valence-electron chi connectivity index (χ0n) is 14.1. The van der Waals surface area contributed by atoms with Crippen LogP contribution in [0, 0.1) is 13.8 Å². The van der Waals surface area contributed by atoms with Crippen molar-refractivity contribution in [3.63, 3.8) is 0 Å². The first-order valence-corrected chi connectivity index (χ1v) is 7.70. The van der Waals surface area contributed by atoms with Crippen LogP contribution in [0.5, 0.6) is 0 Å². The van der Waals surface area contributed by atoms with Crippen LogP contribution >= 0.6 is 0 Å². The Balaban J connectivity index is 2.68. The summed E-state index contributed by atoms with van der Waals surface area (Å²) in [6.07, 6.45) is 1.05. The molecule has 1 aromatic heterocycles. The van der Waals surface area contributed by atoms with Gasteiger partial charge in [0, 0.05) is 17.5 Å². The fraction of sp³-hybridized carbons (Fsp3) is 0.500. The van der Waals surface area contributed by atoms with E-state index < -0.39 is 0 Å². The molecule has 1 heterocycles. The monoisotopic (exact) mass is 285 g/mol. The van der Waals surface area contributed by atoms with E-state index in [1.165, 1.54) is 11.1 Å². The molecular formula is C18H27N3. The number of rotatable bonds is 3. The lowest BCUT2D eigenvalue weighted by atomic mass is 9.95. The molecule has 0 radical (unpaired) electrons. The number of aryl methyl sites for hydroxylation is 1. The number of hydrogen-bond donors (Lipinski definition) is 1. The average molecular weight is 285 g/mol. The Bertz CT molecular complexity index is 645. The molecule has 21 heavy (non-hydrogen) atoms.